The van der Waals surface area contributed by atoms with Crippen molar-refractivity contribution in [1.29, 1.82) is 0 Å². The number of piperidine rings is 1. The minimum absolute atomic E-state index is 0. The minimum Gasteiger partial charge on any atom is -0.359 e. The van der Waals surface area contributed by atoms with Gasteiger partial charge in [-0.1, -0.05) is 19.0 Å². The summed E-state index contributed by atoms with van der Waals surface area (Å²) in [5, 5.41) is 10.5. The van der Waals surface area contributed by atoms with E-state index in [-0.39, 0.29) is 35.8 Å². The predicted octanol–water partition coefficient (Wildman–Crippen LogP) is 2.79. The largest absolute Gasteiger partial charge is 0.359 e. The SMILES string of the molecule is CCNC(=NCc1cc(C(CC)CC)no1)NCCN1C(=O)CCCC1=O.I. The number of amides is 2. The van der Waals surface area contributed by atoms with Crippen molar-refractivity contribution >= 4 is 41.8 Å². The zero-order chi connectivity index (χ0) is 19.6. The van der Waals surface area contributed by atoms with Gasteiger partial charge in [0.05, 0.1) is 5.69 Å². The summed E-state index contributed by atoms with van der Waals surface area (Å²) in [6, 6.07) is 1.97. The molecule has 0 radical (unpaired) electrons. The number of hydrogen-bond donors (Lipinski definition) is 2. The maximum Gasteiger partial charge on any atom is 0.229 e. The Balaban J connectivity index is 0.00000392. The predicted molar refractivity (Wildman–Crippen MR) is 119 cm³/mol. The molecule has 2 heterocycles. The van der Waals surface area contributed by atoms with E-state index in [1.54, 1.807) is 0 Å². The summed E-state index contributed by atoms with van der Waals surface area (Å²) in [4.78, 5) is 29.5. The monoisotopic (exact) mass is 505 g/mol. The van der Waals surface area contributed by atoms with Gasteiger partial charge in [0, 0.05) is 44.5 Å². The van der Waals surface area contributed by atoms with Crippen LogP contribution in [0.4, 0.5) is 0 Å². The standard InChI is InChI=1S/C19H31N5O3.HI/c1-4-14(5-2)16-12-15(27-23-16)13-22-19(20-6-3)21-10-11-24-17(25)8-7-9-18(24)26;/h12,14H,4-11,13H2,1-3H3,(H2,20,21,22);1H. The van der Waals surface area contributed by atoms with Crippen LogP contribution in [0.5, 0.6) is 0 Å². The topological polar surface area (TPSA) is 99.8 Å². The van der Waals surface area contributed by atoms with E-state index in [9.17, 15) is 9.59 Å². The molecule has 0 aliphatic carbocycles. The van der Waals surface area contributed by atoms with Crippen LogP contribution < -0.4 is 10.6 Å². The highest BCUT2D eigenvalue weighted by Crippen LogP contribution is 2.22. The lowest BCUT2D eigenvalue weighted by atomic mass is 9.99. The van der Waals surface area contributed by atoms with E-state index in [0.717, 1.165) is 24.3 Å². The molecule has 0 saturated carbocycles. The molecule has 2 rings (SSSR count). The van der Waals surface area contributed by atoms with Crippen molar-refractivity contribution in [3.8, 4) is 0 Å². The number of nitrogens with zero attached hydrogens (tertiary/aromatic N) is 3. The van der Waals surface area contributed by atoms with Crippen LogP contribution >= 0.6 is 24.0 Å². The molecule has 0 bridgehead atoms. The Labute approximate surface area is 183 Å². The van der Waals surface area contributed by atoms with E-state index >= 15 is 0 Å². The fourth-order valence-electron chi connectivity index (χ4n) is 3.14. The molecule has 9 heteroatoms. The van der Waals surface area contributed by atoms with E-state index in [4.69, 9.17) is 4.52 Å². The van der Waals surface area contributed by atoms with Gasteiger partial charge in [0.1, 0.15) is 6.54 Å². The van der Waals surface area contributed by atoms with Crippen molar-refractivity contribution in [1.82, 2.24) is 20.7 Å². The van der Waals surface area contributed by atoms with Crippen LogP contribution in [0.1, 0.15) is 70.2 Å². The molecule has 1 aromatic heterocycles. The third kappa shape index (κ3) is 7.06. The molecule has 28 heavy (non-hydrogen) atoms. The van der Waals surface area contributed by atoms with Gasteiger partial charge in [0.2, 0.25) is 11.8 Å². The first-order valence-electron chi connectivity index (χ1n) is 9.89. The van der Waals surface area contributed by atoms with Crippen LogP contribution in [-0.2, 0) is 16.1 Å². The molecule has 1 aliphatic heterocycles. The molecule has 1 fully saturated rings. The third-order valence-electron chi connectivity index (χ3n) is 4.73. The van der Waals surface area contributed by atoms with Gasteiger partial charge >= 0.3 is 0 Å². The van der Waals surface area contributed by atoms with Crippen LogP contribution in [0.15, 0.2) is 15.6 Å². The number of aliphatic imine (C=N–C) groups is 1. The first-order valence-corrected chi connectivity index (χ1v) is 9.89. The zero-order valence-electron chi connectivity index (χ0n) is 17.0. The number of hydrogen-bond acceptors (Lipinski definition) is 5. The van der Waals surface area contributed by atoms with Gasteiger partial charge in [-0.3, -0.25) is 14.5 Å². The second kappa shape index (κ2) is 12.7. The number of imide groups is 1. The maximum atomic E-state index is 11.8. The van der Waals surface area contributed by atoms with Crippen molar-refractivity contribution < 1.29 is 14.1 Å². The van der Waals surface area contributed by atoms with E-state index in [1.807, 2.05) is 13.0 Å². The normalized spacial score (nSPS) is 15.0. The van der Waals surface area contributed by atoms with Gasteiger partial charge in [-0.25, -0.2) is 4.99 Å². The van der Waals surface area contributed by atoms with Crippen molar-refractivity contribution in [3.05, 3.63) is 17.5 Å². The van der Waals surface area contributed by atoms with E-state index in [2.05, 4.69) is 34.6 Å². The summed E-state index contributed by atoms with van der Waals surface area (Å²) in [6.45, 7) is 8.17. The van der Waals surface area contributed by atoms with Gasteiger partial charge in [-0.15, -0.1) is 24.0 Å². The summed E-state index contributed by atoms with van der Waals surface area (Å²) in [5.74, 6) is 1.57. The highest BCUT2D eigenvalue weighted by molar-refractivity contribution is 14.0. The lowest BCUT2D eigenvalue weighted by molar-refractivity contribution is -0.147. The molecule has 2 N–H and O–H groups in total. The van der Waals surface area contributed by atoms with Crippen LogP contribution in [0.3, 0.4) is 0 Å². The van der Waals surface area contributed by atoms with Gasteiger partial charge < -0.3 is 15.2 Å². The number of rotatable bonds is 9. The summed E-state index contributed by atoms with van der Waals surface area (Å²) >= 11 is 0. The van der Waals surface area contributed by atoms with Crippen LogP contribution in [0, 0.1) is 0 Å². The Morgan fingerprint density at radius 3 is 2.50 bits per heavy atom. The van der Waals surface area contributed by atoms with Gasteiger partial charge in [0.25, 0.3) is 0 Å². The first-order chi connectivity index (χ1) is 13.1. The molecular formula is C19H32IN5O3. The number of guanidine groups is 1. The summed E-state index contributed by atoms with van der Waals surface area (Å²) in [7, 11) is 0. The molecule has 1 aliphatic rings. The average Bonchev–Trinajstić information content (AvgIpc) is 3.12. The molecule has 2 amide bonds. The van der Waals surface area contributed by atoms with E-state index in [1.165, 1.54) is 4.90 Å². The molecule has 0 spiro atoms. The minimum atomic E-state index is -0.0921. The van der Waals surface area contributed by atoms with Crippen LogP contribution in [0.2, 0.25) is 0 Å². The van der Waals surface area contributed by atoms with Crippen molar-refractivity contribution in [2.75, 3.05) is 19.6 Å². The molecule has 158 valence electrons. The van der Waals surface area contributed by atoms with Crippen molar-refractivity contribution in [2.45, 2.75) is 65.3 Å². The number of carbonyl (C=O) groups is 2. The molecule has 0 unspecified atom stereocenters. The van der Waals surface area contributed by atoms with Gasteiger partial charge in [-0.2, -0.15) is 0 Å². The highest BCUT2D eigenvalue weighted by atomic mass is 127. The summed E-state index contributed by atoms with van der Waals surface area (Å²) in [5.41, 5.74) is 0.977. The molecule has 0 aromatic carbocycles. The Kier molecular flexibility index (Phi) is 11.1. The lowest BCUT2D eigenvalue weighted by Crippen LogP contribution is -2.46. The maximum absolute atomic E-state index is 11.8. The molecule has 1 saturated heterocycles. The van der Waals surface area contributed by atoms with E-state index in [0.29, 0.717) is 57.3 Å². The van der Waals surface area contributed by atoms with Crippen LogP contribution in [-0.4, -0.2) is 47.5 Å². The Morgan fingerprint density at radius 1 is 1.21 bits per heavy atom. The van der Waals surface area contributed by atoms with Gasteiger partial charge in [0.15, 0.2) is 11.7 Å². The highest BCUT2D eigenvalue weighted by Gasteiger charge is 2.25. The Bertz CT molecular complexity index is 642. The number of likely N-dealkylation sites (tertiary alicyclic amines) is 1. The second-order valence-corrected chi connectivity index (χ2v) is 6.65. The fraction of sp³-hybridized carbons (Fsp3) is 0.684. The molecular weight excluding hydrogens is 473 g/mol. The van der Waals surface area contributed by atoms with Crippen molar-refractivity contribution in [3.63, 3.8) is 0 Å². The molecule has 8 nitrogen and oxygen atoms in total. The van der Waals surface area contributed by atoms with Gasteiger partial charge in [-0.05, 0) is 26.2 Å². The number of carbonyl (C=O) groups excluding carboxylic acids is 2. The smallest absolute Gasteiger partial charge is 0.229 e. The Hall–Kier alpha value is -1.65. The van der Waals surface area contributed by atoms with E-state index < -0.39 is 0 Å². The fourth-order valence-corrected chi connectivity index (χ4v) is 3.14. The van der Waals surface area contributed by atoms with Crippen LogP contribution in [0.25, 0.3) is 0 Å². The quantitative estimate of drug-likeness (QED) is 0.232. The first kappa shape index (κ1) is 24.4. The average molecular weight is 505 g/mol. The number of nitrogens with one attached hydrogen (secondary N) is 2. The summed E-state index contributed by atoms with van der Waals surface area (Å²) < 4.78 is 5.40. The molecule has 1 aromatic rings. The summed E-state index contributed by atoms with van der Waals surface area (Å²) in [6.07, 6.45) is 3.62. The zero-order valence-corrected chi connectivity index (χ0v) is 19.3. The molecule has 0 atom stereocenters. The number of halogens is 1. The third-order valence-corrected chi connectivity index (χ3v) is 4.73. The Morgan fingerprint density at radius 2 is 1.89 bits per heavy atom. The van der Waals surface area contributed by atoms with Crippen molar-refractivity contribution in [2.24, 2.45) is 4.99 Å². The number of aromatic nitrogens is 1. The second-order valence-electron chi connectivity index (χ2n) is 6.65. The lowest BCUT2D eigenvalue weighted by Gasteiger charge is -2.25.